The molecule has 1 saturated carbocycles. The quantitative estimate of drug-likeness (QED) is 0.488. The molecule has 0 saturated heterocycles. The Morgan fingerprint density at radius 2 is 1.94 bits per heavy atom. The summed E-state index contributed by atoms with van der Waals surface area (Å²) in [5.41, 5.74) is 5.13. The molecule has 0 radical (unpaired) electrons. The summed E-state index contributed by atoms with van der Waals surface area (Å²) in [5.74, 6) is 0.866. The molecule has 0 aromatic carbocycles. The molecule has 0 bridgehead atoms. The summed E-state index contributed by atoms with van der Waals surface area (Å²) in [6, 6.07) is 0.357. The van der Waals surface area contributed by atoms with Crippen LogP contribution in [0.5, 0.6) is 0 Å². The van der Waals surface area contributed by atoms with Gasteiger partial charge in [0.15, 0.2) is 10.8 Å². The molecule has 1 aliphatic carbocycles. The first-order chi connectivity index (χ1) is 16.2. The molecule has 0 atom stereocenters. The standard InChI is InChI=1S/C23H37N7O3S/c1-5-6-12-28(19-20(24)29(13-15(2)3)22(33)25-21(19)32)18(31)14-34-23-27-26-16(4)30(23)17-10-8-7-9-11-17/h15,17H,5-14,24H2,1-4H3,(H,25,32,33). The van der Waals surface area contributed by atoms with Crippen LogP contribution in [0.2, 0.25) is 0 Å². The van der Waals surface area contributed by atoms with Crippen molar-refractivity contribution in [3.05, 3.63) is 26.7 Å². The first kappa shape index (κ1) is 26.1. The Balaban J connectivity index is 1.87. The zero-order chi connectivity index (χ0) is 24.8. The van der Waals surface area contributed by atoms with Crippen molar-refractivity contribution in [2.45, 2.75) is 90.4 Å². The molecular weight excluding hydrogens is 454 g/mol. The zero-order valence-electron chi connectivity index (χ0n) is 20.7. The minimum Gasteiger partial charge on any atom is -0.383 e. The predicted molar refractivity (Wildman–Crippen MR) is 135 cm³/mol. The van der Waals surface area contributed by atoms with Gasteiger partial charge in [-0.3, -0.25) is 19.1 Å². The second-order valence-electron chi connectivity index (χ2n) is 9.38. The van der Waals surface area contributed by atoms with Crippen LogP contribution >= 0.6 is 11.8 Å². The number of H-pyrrole nitrogens is 1. The molecule has 0 spiro atoms. The molecule has 10 nitrogen and oxygen atoms in total. The summed E-state index contributed by atoms with van der Waals surface area (Å²) in [7, 11) is 0. The Kier molecular flexibility index (Phi) is 8.98. The van der Waals surface area contributed by atoms with Crippen molar-refractivity contribution < 1.29 is 4.79 Å². The van der Waals surface area contributed by atoms with Crippen molar-refractivity contribution in [3.8, 4) is 0 Å². The van der Waals surface area contributed by atoms with E-state index in [1.807, 2.05) is 27.7 Å². The maximum absolute atomic E-state index is 13.4. The van der Waals surface area contributed by atoms with Crippen LogP contribution in [0.3, 0.4) is 0 Å². The first-order valence-corrected chi connectivity index (χ1v) is 13.2. The Hall–Kier alpha value is -2.56. The highest BCUT2D eigenvalue weighted by Crippen LogP contribution is 2.32. The van der Waals surface area contributed by atoms with Crippen molar-refractivity contribution >= 4 is 29.2 Å². The highest BCUT2D eigenvalue weighted by atomic mass is 32.2. The lowest BCUT2D eigenvalue weighted by atomic mass is 9.95. The summed E-state index contributed by atoms with van der Waals surface area (Å²) in [6.45, 7) is 8.56. The van der Waals surface area contributed by atoms with Gasteiger partial charge in [0.2, 0.25) is 5.91 Å². The maximum atomic E-state index is 13.4. The third kappa shape index (κ3) is 5.92. The number of unbranched alkanes of at least 4 members (excludes halogenated alkanes) is 1. The van der Waals surface area contributed by atoms with Crippen LogP contribution in [-0.2, 0) is 11.3 Å². The maximum Gasteiger partial charge on any atom is 0.330 e. The van der Waals surface area contributed by atoms with E-state index in [-0.39, 0.29) is 29.1 Å². The molecule has 188 valence electrons. The summed E-state index contributed by atoms with van der Waals surface area (Å²) in [6.07, 6.45) is 7.35. The van der Waals surface area contributed by atoms with Gasteiger partial charge in [-0.15, -0.1) is 10.2 Å². The lowest BCUT2D eigenvalue weighted by molar-refractivity contribution is -0.116. The fraction of sp³-hybridized carbons (Fsp3) is 0.696. The van der Waals surface area contributed by atoms with Crippen molar-refractivity contribution in [1.29, 1.82) is 0 Å². The van der Waals surface area contributed by atoms with Gasteiger partial charge >= 0.3 is 5.69 Å². The number of nitrogens with zero attached hydrogens (tertiary/aromatic N) is 5. The number of anilines is 2. The SMILES string of the molecule is CCCCN(C(=O)CSc1nnc(C)n1C1CCCCC1)c1c(N)n(CC(C)C)c(=O)[nH]c1=O. The highest BCUT2D eigenvalue weighted by Gasteiger charge is 2.26. The molecule has 1 aliphatic rings. The largest absolute Gasteiger partial charge is 0.383 e. The number of aromatic nitrogens is 5. The number of nitrogens with two attached hydrogens (primary N) is 1. The lowest BCUT2D eigenvalue weighted by Gasteiger charge is -2.26. The van der Waals surface area contributed by atoms with E-state index in [9.17, 15) is 14.4 Å². The predicted octanol–water partition coefficient (Wildman–Crippen LogP) is 3.11. The molecule has 2 aromatic rings. The number of rotatable bonds is 10. The van der Waals surface area contributed by atoms with E-state index in [1.165, 1.54) is 40.5 Å². The van der Waals surface area contributed by atoms with Crippen LogP contribution in [0.25, 0.3) is 0 Å². The zero-order valence-corrected chi connectivity index (χ0v) is 21.5. The second-order valence-corrected chi connectivity index (χ2v) is 10.3. The highest BCUT2D eigenvalue weighted by molar-refractivity contribution is 7.99. The first-order valence-electron chi connectivity index (χ1n) is 12.2. The van der Waals surface area contributed by atoms with Gasteiger partial charge in [-0.25, -0.2) is 4.79 Å². The third-order valence-electron chi connectivity index (χ3n) is 6.17. The van der Waals surface area contributed by atoms with Gasteiger partial charge in [0.1, 0.15) is 11.6 Å². The average molecular weight is 492 g/mol. The van der Waals surface area contributed by atoms with Crippen LogP contribution in [0.15, 0.2) is 14.7 Å². The van der Waals surface area contributed by atoms with E-state index in [0.29, 0.717) is 25.6 Å². The van der Waals surface area contributed by atoms with Crippen LogP contribution in [0.4, 0.5) is 11.5 Å². The van der Waals surface area contributed by atoms with Crippen molar-refractivity contribution in [2.24, 2.45) is 5.92 Å². The van der Waals surface area contributed by atoms with Gasteiger partial charge in [0.25, 0.3) is 5.56 Å². The number of aryl methyl sites for hydroxylation is 1. The molecule has 11 heteroatoms. The van der Waals surface area contributed by atoms with Gasteiger partial charge in [-0.05, 0) is 32.1 Å². The molecule has 34 heavy (non-hydrogen) atoms. The van der Waals surface area contributed by atoms with Crippen molar-refractivity contribution in [1.82, 2.24) is 24.3 Å². The van der Waals surface area contributed by atoms with Crippen LogP contribution < -0.4 is 21.9 Å². The van der Waals surface area contributed by atoms with Crippen LogP contribution in [0.1, 0.15) is 77.6 Å². The van der Waals surface area contributed by atoms with Gasteiger partial charge in [0.05, 0.1) is 5.75 Å². The Bertz CT molecular complexity index is 1100. The molecule has 1 amide bonds. The van der Waals surface area contributed by atoms with E-state index >= 15 is 0 Å². The number of nitrogens with one attached hydrogen (secondary N) is 1. The third-order valence-corrected chi connectivity index (χ3v) is 7.10. The molecule has 3 N–H and O–H groups in total. The normalized spacial score (nSPS) is 14.6. The molecule has 0 unspecified atom stereocenters. The minimum absolute atomic E-state index is 0.0260. The smallest absolute Gasteiger partial charge is 0.330 e. The Morgan fingerprint density at radius 1 is 1.24 bits per heavy atom. The number of hydrogen-bond donors (Lipinski definition) is 2. The van der Waals surface area contributed by atoms with E-state index in [4.69, 9.17) is 5.73 Å². The number of carbonyl (C=O) groups excluding carboxylic acids is 1. The van der Waals surface area contributed by atoms with Crippen molar-refractivity contribution in [2.75, 3.05) is 22.9 Å². The number of nitrogen functional groups attached to an aromatic ring is 1. The summed E-state index contributed by atoms with van der Waals surface area (Å²) >= 11 is 1.33. The summed E-state index contributed by atoms with van der Waals surface area (Å²) in [5, 5.41) is 9.29. The number of aromatic amines is 1. The second kappa shape index (κ2) is 11.7. The van der Waals surface area contributed by atoms with Crippen LogP contribution in [0, 0.1) is 12.8 Å². The number of hydrogen-bond acceptors (Lipinski definition) is 7. The fourth-order valence-electron chi connectivity index (χ4n) is 4.47. The Labute approximate surface area is 204 Å². The molecular formula is C23H37N7O3S. The molecule has 1 fully saturated rings. The average Bonchev–Trinajstić information content (AvgIpc) is 3.17. The van der Waals surface area contributed by atoms with E-state index in [1.54, 1.807) is 0 Å². The van der Waals surface area contributed by atoms with Gasteiger partial charge in [-0.1, -0.05) is 58.2 Å². The fourth-order valence-corrected chi connectivity index (χ4v) is 5.40. The molecule has 0 aliphatic heterocycles. The topological polar surface area (TPSA) is 132 Å². The van der Waals surface area contributed by atoms with Crippen molar-refractivity contribution in [3.63, 3.8) is 0 Å². The van der Waals surface area contributed by atoms with Gasteiger partial charge in [-0.2, -0.15) is 0 Å². The number of thioether (sulfide) groups is 1. The Morgan fingerprint density at radius 3 is 2.59 bits per heavy atom. The monoisotopic (exact) mass is 491 g/mol. The molecule has 2 heterocycles. The minimum atomic E-state index is -0.641. The van der Waals surface area contributed by atoms with E-state index < -0.39 is 11.2 Å². The number of carbonyl (C=O) groups is 1. The summed E-state index contributed by atoms with van der Waals surface area (Å²) in [4.78, 5) is 42.3. The van der Waals surface area contributed by atoms with E-state index in [0.717, 1.165) is 30.2 Å². The molecule has 2 aromatic heterocycles. The van der Waals surface area contributed by atoms with Crippen LogP contribution in [-0.4, -0.2) is 42.5 Å². The van der Waals surface area contributed by atoms with Gasteiger partial charge in [0, 0.05) is 19.1 Å². The summed E-state index contributed by atoms with van der Waals surface area (Å²) < 4.78 is 3.49. The van der Waals surface area contributed by atoms with E-state index in [2.05, 4.69) is 19.7 Å². The number of amides is 1. The molecule has 3 rings (SSSR count). The lowest BCUT2D eigenvalue weighted by Crippen LogP contribution is -2.42. The van der Waals surface area contributed by atoms with Gasteiger partial charge < -0.3 is 15.2 Å².